The molecule has 0 spiro atoms. The van der Waals surface area contributed by atoms with Crippen LogP contribution in [0.5, 0.6) is 0 Å². The Kier molecular flexibility index (Phi) is 6.60. The van der Waals surface area contributed by atoms with E-state index in [2.05, 4.69) is 10.2 Å². The lowest BCUT2D eigenvalue weighted by atomic mass is 10.1. The highest BCUT2D eigenvalue weighted by Crippen LogP contribution is 2.12. The van der Waals surface area contributed by atoms with Gasteiger partial charge < -0.3 is 10.2 Å². The molecule has 1 aromatic rings. The molecule has 0 radical (unpaired) electrons. The predicted octanol–water partition coefficient (Wildman–Crippen LogP) is 2.81. The molecule has 0 heterocycles. The second-order valence-electron chi connectivity index (χ2n) is 4.79. The number of nitrogens with zero attached hydrogens (tertiary/aromatic N) is 1. The Morgan fingerprint density at radius 1 is 1.32 bits per heavy atom. The molecule has 0 atom stereocenters. The van der Waals surface area contributed by atoms with Crippen LogP contribution in [0.3, 0.4) is 0 Å². The van der Waals surface area contributed by atoms with Gasteiger partial charge in [-0.1, -0.05) is 23.7 Å². The molecule has 0 aliphatic heterocycles. The van der Waals surface area contributed by atoms with Crippen LogP contribution in [0, 0.1) is 0 Å². The van der Waals surface area contributed by atoms with E-state index in [1.165, 1.54) is 0 Å². The fraction of sp³-hybridized carbons (Fsp3) is 0.400. The summed E-state index contributed by atoms with van der Waals surface area (Å²) in [4.78, 5) is 13.9. The number of amides is 1. The van der Waals surface area contributed by atoms with Crippen molar-refractivity contribution in [3.63, 3.8) is 0 Å². The molecule has 0 saturated heterocycles. The summed E-state index contributed by atoms with van der Waals surface area (Å²) in [5.41, 5.74) is 1.68. The standard InChI is InChI=1S/C15H21ClN2O/c1-12(11-13-5-7-14(16)8-6-13)15(19)17-9-4-10-18(2)3/h5-8,11H,4,9-10H2,1-3H3,(H,17,19)/b12-11+. The Morgan fingerprint density at radius 3 is 2.53 bits per heavy atom. The highest BCUT2D eigenvalue weighted by molar-refractivity contribution is 6.30. The van der Waals surface area contributed by atoms with Crippen LogP contribution in [-0.4, -0.2) is 38.0 Å². The zero-order valence-electron chi connectivity index (χ0n) is 11.7. The van der Waals surface area contributed by atoms with Crippen LogP contribution < -0.4 is 5.32 Å². The monoisotopic (exact) mass is 280 g/mol. The molecule has 0 aliphatic rings. The summed E-state index contributed by atoms with van der Waals surface area (Å²) in [6.45, 7) is 3.49. The summed E-state index contributed by atoms with van der Waals surface area (Å²) in [5, 5.41) is 3.61. The van der Waals surface area contributed by atoms with Crippen molar-refractivity contribution < 1.29 is 4.79 Å². The second-order valence-corrected chi connectivity index (χ2v) is 5.23. The number of rotatable bonds is 6. The van der Waals surface area contributed by atoms with Gasteiger partial charge >= 0.3 is 0 Å². The lowest BCUT2D eigenvalue weighted by Gasteiger charge is -2.10. The normalized spacial score (nSPS) is 11.7. The number of benzene rings is 1. The third kappa shape index (κ3) is 6.41. The fourth-order valence-electron chi connectivity index (χ4n) is 1.61. The van der Waals surface area contributed by atoms with E-state index in [0.717, 1.165) is 18.5 Å². The molecule has 0 bridgehead atoms. The molecule has 0 fully saturated rings. The van der Waals surface area contributed by atoms with Crippen molar-refractivity contribution in [3.05, 3.63) is 40.4 Å². The highest BCUT2D eigenvalue weighted by atomic mass is 35.5. The van der Waals surface area contributed by atoms with Crippen LogP contribution in [0.25, 0.3) is 6.08 Å². The summed E-state index contributed by atoms with van der Waals surface area (Å²) in [5.74, 6) is -0.0197. The number of hydrogen-bond acceptors (Lipinski definition) is 2. The number of carbonyl (C=O) groups is 1. The van der Waals surface area contributed by atoms with Crippen LogP contribution >= 0.6 is 11.6 Å². The van der Waals surface area contributed by atoms with E-state index in [1.54, 1.807) is 0 Å². The SMILES string of the molecule is C/C(=C\c1ccc(Cl)cc1)C(=O)NCCCN(C)C. The minimum Gasteiger partial charge on any atom is -0.352 e. The van der Waals surface area contributed by atoms with Gasteiger partial charge in [0.1, 0.15) is 0 Å². The molecule has 0 aliphatic carbocycles. The van der Waals surface area contributed by atoms with Gasteiger partial charge in [-0.3, -0.25) is 4.79 Å². The van der Waals surface area contributed by atoms with Gasteiger partial charge in [0.05, 0.1) is 0 Å². The molecule has 4 heteroatoms. The Labute approximate surface area is 120 Å². The van der Waals surface area contributed by atoms with Gasteiger partial charge in [-0.05, 0) is 57.8 Å². The largest absolute Gasteiger partial charge is 0.352 e. The van der Waals surface area contributed by atoms with E-state index in [0.29, 0.717) is 17.1 Å². The van der Waals surface area contributed by atoms with Crippen molar-refractivity contribution in [1.29, 1.82) is 0 Å². The molecule has 1 aromatic carbocycles. The molecule has 104 valence electrons. The van der Waals surface area contributed by atoms with Gasteiger partial charge in [-0.25, -0.2) is 0 Å². The van der Waals surface area contributed by atoms with E-state index in [-0.39, 0.29) is 5.91 Å². The van der Waals surface area contributed by atoms with Crippen molar-refractivity contribution in [2.24, 2.45) is 0 Å². The van der Waals surface area contributed by atoms with Crippen LogP contribution in [0.2, 0.25) is 5.02 Å². The van der Waals surface area contributed by atoms with Crippen LogP contribution in [-0.2, 0) is 4.79 Å². The first-order chi connectivity index (χ1) is 8.99. The van der Waals surface area contributed by atoms with Gasteiger partial charge in [0.25, 0.3) is 0 Å². The number of halogens is 1. The molecule has 19 heavy (non-hydrogen) atoms. The van der Waals surface area contributed by atoms with E-state index in [9.17, 15) is 4.79 Å². The van der Waals surface area contributed by atoms with Gasteiger partial charge in [0, 0.05) is 17.1 Å². The third-order valence-corrected chi connectivity index (χ3v) is 2.93. The minimum absolute atomic E-state index is 0.0197. The Hall–Kier alpha value is -1.32. The molecule has 0 saturated carbocycles. The van der Waals surface area contributed by atoms with Crippen LogP contribution in [0.4, 0.5) is 0 Å². The molecule has 0 unspecified atom stereocenters. The van der Waals surface area contributed by atoms with Crippen molar-refractivity contribution in [1.82, 2.24) is 10.2 Å². The lowest BCUT2D eigenvalue weighted by Crippen LogP contribution is -2.27. The van der Waals surface area contributed by atoms with Crippen LogP contribution in [0.15, 0.2) is 29.8 Å². The molecule has 1 amide bonds. The first-order valence-corrected chi connectivity index (χ1v) is 6.73. The zero-order chi connectivity index (χ0) is 14.3. The summed E-state index contributed by atoms with van der Waals surface area (Å²) >= 11 is 5.82. The Morgan fingerprint density at radius 2 is 1.95 bits per heavy atom. The average Bonchev–Trinajstić information content (AvgIpc) is 2.36. The molecular formula is C15H21ClN2O. The van der Waals surface area contributed by atoms with E-state index in [1.807, 2.05) is 51.4 Å². The van der Waals surface area contributed by atoms with Gasteiger partial charge in [0.2, 0.25) is 5.91 Å². The topological polar surface area (TPSA) is 32.3 Å². The maximum Gasteiger partial charge on any atom is 0.246 e. The van der Waals surface area contributed by atoms with E-state index >= 15 is 0 Å². The number of nitrogens with one attached hydrogen (secondary N) is 1. The predicted molar refractivity (Wildman–Crippen MR) is 81.3 cm³/mol. The van der Waals surface area contributed by atoms with Crippen LogP contribution in [0.1, 0.15) is 18.9 Å². The third-order valence-electron chi connectivity index (χ3n) is 2.68. The summed E-state index contributed by atoms with van der Waals surface area (Å²) in [7, 11) is 4.04. The molecule has 1 rings (SSSR count). The van der Waals surface area contributed by atoms with Gasteiger partial charge in [0.15, 0.2) is 0 Å². The number of carbonyl (C=O) groups excluding carboxylic acids is 1. The number of hydrogen-bond donors (Lipinski definition) is 1. The first-order valence-electron chi connectivity index (χ1n) is 6.36. The minimum atomic E-state index is -0.0197. The maximum atomic E-state index is 11.8. The average molecular weight is 281 g/mol. The summed E-state index contributed by atoms with van der Waals surface area (Å²) in [6, 6.07) is 7.42. The van der Waals surface area contributed by atoms with Crippen molar-refractivity contribution in [3.8, 4) is 0 Å². The highest BCUT2D eigenvalue weighted by Gasteiger charge is 2.03. The molecule has 0 aromatic heterocycles. The smallest absolute Gasteiger partial charge is 0.246 e. The molecule has 1 N–H and O–H groups in total. The Balaban J connectivity index is 2.45. The summed E-state index contributed by atoms with van der Waals surface area (Å²) < 4.78 is 0. The van der Waals surface area contributed by atoms with Crippen molar-refractivity contribution in [2.75, 3.05) is 27.2 Å². The Bertz CT molecular complexity index is 438. The molecule has 3 nitrogen and oxygen atoms in total. The van der Waals surface area contributed by atoms with Crippen molar-refractivity contribution in [2.45, 2.75) is 13.3 Å². The summed E-state index contributed by atoms with van der Waals surface area (Å²) in [6.07, 6.45) is 2.81. The second kappa shape index (κ2) is 7.97. The zero-order valence-corrected chi connectivity index (χ0v) is 12.5. The first kappa shape index (κ1) is 15.7. The lowest BCUT2D eigenvalue weighted by molar-refractivity contribution is -0.117. The quantitative estimate of drug-likeness (QED) is 0.642. The fourth-order valence-corrected chi connectivity index (χ4v) is 1.74. The van der Waals surface area contributed by atoms with E-state index < -0.39 is 0 Å². The van der Waals surface area contributed by atoms with Gasteiger partial charge in [-0.2, -0.15) is 0 Å². The maximum absolute atomic E-state index is 11.8. The van der Waals surface area contributed by atoms with Crippen molar-refractivity contribution >= 4 is 23.6 Å². The molecular weight excluding hydrogens is 260 g/mol. The van der Waals surface area contributed by atoms with E-state index in [4.69, 9.17) is 11.6 Å². The van der Waals surface area contributed by atoms with Gasteiger partial charge in [-0.15, -0.1) is 0 Å².